The van der Waals surface area contributed by atoms with E-state index in [-0.39, 0.29) is 31.0 Å². The molecule has 1 rings (SSSR count). The number of carboxylic acid groups (broad SMARTS) is 2. The lowest BCUT2D eigenvalue weighted by Crippen LogP contribution is -2.26. The first-order valence-corrected chi connectivity index (χ1v) is 23.3. The minimum absolute atomic E-state index is 0.108. The third-order valence-corrected chi connectivity index (χ3v) is 11.4. The van der Waals surface area contributed by atoms with Crippen LogP contribution in [0.3, 0.4) is 0 Å². The maximum Gasteiger partial charge on any atom is 0.508 e. The van der Waals surface area contributed by atoms with Crippen molar-refractivity contribution in [2.45, 2.75) is 237 Å². The fraction of sp³-hybridized carbons (Fsp3) is 0.913. The molecule has 56 heavy (non-hydrogen) atoms. The van der Waals surface area contributed by atoms with Gasteiger partial charge in [0.25, 0.3) is 0 Å². The smallest absolute Gasteiger partial charge is 0.481 e. The van der Waals surface area contributed by atoms with E-state index in [1.165, 1.54) is 89.9 Å². The van der Waals surface area contributed by atoms with Crippen molar-refractivity contribution in [3.8, 4) is 0 Å². The first-order valence-electron chi connectivity index (χ1n) is 23.3. The van der Waals surface area contributed by atoms with Gasteiger partial charge in [-0.1, -0.05) is 155 Å². The Kier molecular flexibility index (Phi) is 34.1. The molecule has 1 aliphatic rings. The summed E-state index contributed by atoms with van der Waals surface area (Å²) in [5, 5.41) is 17.7. The molecule has 328 valence electrons. The molecule has 1 unspecified atom stereocenters. The summed E-state index contributed by atoms with van der Waals surface area (Å²) < 4.78 is 17.0. The van der Waals surface area contributed by atoms with Gasteiger partial charge in [0, 0.05) is 32.4 Å². The summed E-state index contributed by atoms with van der Waals surface area (Å²) in [7, 11) is 2.03. The fourth-order valence-corrected chi connectivity index (χ4v) is 7.95. The molecule has 0 radical (unpaired) electrons. The highest BCUT2D eigenvalue weighted by molar-refractivity contribution is 5.69. The average molecular weight is 796 g/mol. The van der Waals surface area contributed by atoms with Gasteiger partial charge in [-0.25, -0.2) is 4.79 Å². The molecule has 10 nitrogen and oxygen atoms in total. The Balaban J connectivity index is 2.37. The highest BCUT2D eigenvalue weighted by Crippen LogP contribution is 2.25. The lowest BCUT2D eigenvalue weighted by Gasteiger charge is -2.19. The fourth-order valence-electron chi connectivity index (χ4n) is 7.95. The number of likely N-dealkylation sites (tertiary alicyclic amines) is 1. The van der Waals surface area contributed by atoms with Gasteiger partial charge >= 0.3 is 24.1 Å². The van der Waals surface area contributed by atoms with Gasteiger partial charge in [0.15, 0.2) is 0 Å². The number of aliphatic carboxylic acids is 2. The molecule has 2 N–H and O–H groups in total. The number of likely N-dealkylation sites (N-methyl/N-ethyl adjacent to an activating group) is 1. The summed E-state index contributed by atoms with van der Waals surface area (Å²) in [5.41, 5.74) is 0. The van der Waals surface area contributed by atoms with Crippen LogP contribution in [0.15, 0.2) is 0 Å². The van der Waals surface area contributed by atoms with Crippen LogP contribution < -0.4 is 0 Å². The second-order valence-electron chi connectivity index (χ2n) is 16.8. The van der Waals surface area contributed by atoms with E-state index in [2.05, 4.69) is 11.8 Å². The second-order valence-corrected chi connectivity index (χ2v) is 16.8. The second kappa shape index (κ2) is 36.9. The van der Waals surface area contributed by atoms with Crippen LogP contribution in [0.2, 0.25) is 0 Å². The third kappa shape index (κ3) is 33.7. The van der Waals surface area contributed by atoms with E-state index in [1.807, 2.05) is 7.05 Å². The van der Waals surface area contributed by atoms with Crippen molar-refractivity contribution in [2.75, 3.05) is 26.7 Å². The number of rotatable bonds is 40. The maximum absolute atomic E-state index is 12.6. The van der Waals surface area contributed by atoms with Crippen LogP contribution in [0.1, 0.15) is 225 Å². The lowest BCUT2D eigenvalue weighted by molar-refractivity contribution is -0.144. The average Bonchev–Trinajstić information content (AvgIpc) is 3.57. The number of carboxylic acids is 2. The van der Waals surface area contributed by atoms with Crippen molar-refractivity contribution in [1.82, 2.24) is 4.90 Å². The quantitative estimate of drug-likeness (QED) is 0.0455. The molecule has 0 aliphatic carbocycles. The first kappa shape index (κ1) is 51.7. The highest BCUT2D eigenvalue weighted by atomic mass is 16.7. The van der Waals surface area contributed by atoms with Crippen molar-refractivity contribution < 1.29 is 43.6 Å². The molecule has 0 bridgehead atoms. The third-order valence-electron chi connectivity index (χ3n) is 11.4. The summed E-state index contributed by atoms with van der Waals surface area (Å²) in [6.07, 6.45) is 33.7. The molecule has 0 aromatic heterocycles. The number of unbranched alkanes of at least 4 members (excludes halogenated alkanes) is 20. The van der Waals surface area contributed by atoms with E-state index in [1.54, 1.807) is 0 Å². The van der Waals surface area contributed by atoms with Gasteiger partial charge < -0.3 is 29.3 Å². The van der Waals surface area contributed by atoms with Crippen LogP contribution in [-0.2, 0) is 28.6 Å². The van der Waals surface area contributed by atoms with Crippen molar-refractivity contribution in [3.05, 3.63) is 0 Å². The molecule has 1 heterocycles. The van der Waals surface area contributed by atoms with Crippen LogP contribution in [0.25, 0.3) is 0 Å². The van der Waals surface area contributed by atoms with Crippen LogP contribution >= 0.6 is 0 Å². The molecule has 2 atom stereocenters. The summed E-state index contributed by atoms with van der Waals surface area (Å²) in [5.74, 6) is -0.917. The Morgan fingerprint density at radius 2 is 1.00 bits per heavy atom. The van der Waals surface area contributed by atoms with Gasteiger partial charge in [0.1, 0.15) is 12.2 Å². The molecule has 0 spiro atoms. The molecular formula is C46H85NO9. The number of nitrogens with zero attached hydrogens (tertiary/aromatic N) is 1. The van der Waals surface area contributed by atoms with Crippen molar-refractivity contribution >= 4 is 24.1 Å². The molecule has 1 fully saturated rings. The van der Waals surface area contributed by atoms with Crippen molar-refractivity contribution in [3.63, 3.8) is 0 Å². The summed E-state index contributed by atoms with van der Waals surface area (Å²) in [4.78, 5) is 48.9. The SMILES string of the molecule is CCCCCCCCCCCCC(CCCOC(=O)CCCCC(CCCCCCCCC(=O)O)CCCCCCCCC(=O)O)OC(=O)O[C@H]1CCN(C)C1. The van der Waals surface area contributed by atoms with Crippen LogP contribution in [-0.4, -0.2) is 78.1 Å². The Morgan fingerprint density at radius 1 is 0.571 bits per heavy atom. The zero-order valence-corrected chi connectivity index (χ0v) is 36.1. The molecule has 0 aromatic rings. The van der Waals surface area contributed by atoms with Crippen LogP contribution in [0.4, 0.5) is 4.79 Å². The molecule has 0 saturated carbocycles. The number of carbonyl (C=O) groups excluding carboxylic acids is 2. The van der Waals surface area contributed by atoms with Gasteiger partial charge in [-0.3, -0.25) is 14.4 Å². The summed E-state index contributed by atoms with van der Waals surface area (Å²) >= 11 is 0. The topological polar surface area (TPSA) is 140 Å². The molecule has 0 aromatic carbocycles. The van der Waals surface area contributed by atoms with Gasteiger partial charge in [-0.2, -0.15) is 0 Å². The van der Waals surface area contributed by atoms with Crippen molar-refractivity contribution in [2.24, 2.45) is 5.92 Å². The lowest BCUT2D eigenvalue weighted by atomic mass is 9.89. The Morgan fingerprint density at radius 3 is 1.48 bits per heavy atom. The van der Waals surface area contributed by atoms with Gasteiger partial charge in [0.05, 0.1) is 6.61 Å². The van der Waals surface area contributed by atoms with E-state index in [0.29, 0.717) is 31.8 Å². The number of ether oxygens (including phenoxy) is 3. The minimum Gasteiger partial charge on any atom is -0.481 e. The number of hydrogen-bond donors (Lipinski definition) is 2. The first-order chi connectivity index (χ1) is 27.2. The number of carbonyl (C=O) groups is 4. The van der Waals surface area contributed by atoms with E-state index in [0.717, 1.165) is 109 Å². The van der Waals surface area contributed by atoms with E-state index < -0.39 is 18.1 Å². The van der Waals surface area contributed by atoms with E-state index >= 15 is 0 Å². The largest absolute Gasteiger partial charge is 0.508 e. The predicted molar refractivity (Wildman–Crippen MR) is 225 cm³/mol. The standard InChI is InChI=1S/C46H85NO9/c1-3-4-5-6-7-8-9-10-17-22-31-41(55-46(53)56-42-36-37-47(2)39-42)32-27-38-54-45(52)35-26-25-30-40(28-20-15-11-13-18-23-33-43(48)49)29-21-16-12-14-19-24-34-44(50)51/h40-42H,3-39H2,1-2H3,(H,48,49)(H,50,51)/t41?,42-/m0/s1. The molecule has 1 aliphatic heterocycles. The highest BCUT2D eigenvalue weighted by Gasteiger charge is 2.25. The number of esters is 1. The Hall–Kier alpha value is -2.36. The summed E-state index contributed by atoms with van der Waals surface area (Å²) in [6.45, 7) is 4.26. The normalized spacial score (nSPS) is 14.9. The molecule has 10 heteroatoms. The van der Waals surface area contributed by atoms with Crippen LogP contribution in [0, 0.1) is 5.92 Å². The minimum atomic E-state index is -0.710. The van der Waals surface area contributed by atoms with Crippen LogP contribution in [0.5, 0.6) is 0 Å². The Labute approximate surface area is 341 Å². The van der Waals surface area contributed by atoms with Gasteiger partial charge in [0.2, 0.25) is 0 Å². The zero-order chi connectivity index (χ0) is 40.9. The maximum atomic E-state index is 12.6. The van der Waals surface area contributed by atoms with Crippen molar-refractivity contribution in [1.29, 1.82) is 0 Å². The van der Waals surface area contributed by atoms with Gasteiger partial charge in [-0.05, 0) is 64.3 Å². The van der Waals surface area contributed by atoms with E-state index in [9.17, 15) is 19.2 Å². The monoisotopic (exact) mass is 796 g/mol. The zero-order valence-electron chi connectivity index (χ0n) is 36.1. The molecule has 1 saturated heterocycles. The Bertz CT molecular complexity index is 946. The number of hydrogen-bond acceptors (Lipinski definition) is 8. The van der Waals surface area contributed by atoms with Gasteiger partial charge in [-0.15, -0.1) is 0 Å². The molecular weight excluding hydrogens is 711 g/mol. The summed E-state index contributed by atoms with van der Waals surface area (Å²) in [6, 6.07) is 0. The molecule has 0 amide bonds. The van der Waals surface area contributed by atoms with E-state index in [4.69, 9.17) is 24.4 Å². The predicted octanol–water partition coefficient (Wildman–Crippen LogP) is 12.4.